The molecule has 2 aromatic rings. The van der Waals surface area contributed by atoms with Gasteiger partial charge in [0.15, 0.2) is 0 Å². The van der Waals surface area contributed by atoms with Gasteiger partial charge in [-0.05, 0) is 49.4 Å². The monoisotopic (exact) mass is 373 g/mol. The third-order valence-corrected chi connectivity index (χ3v) is 6.19. The molecule has 1 amide bonds. The van der Waals surface area contributed by atoms with Gasteiger partial charge in [-0.3, -0.25) is 4.79 Å². The lowest BCUT2D eigenvalue weighted by atomic mass is 9.70. The molecule has 2 aliphatic heterocycles. The Balaban J connectivity index is 1.65. The summed E-state index contributed by atoms with van der Waals surface area (Å²) in [6.07, 6.45) is 3.20. The van der Waals surface area contributed by atoms with Gasteiger partial charge in [0.05, 0.1) is 12.2 Å². The molecule has 4 rings (SSSR count). The number of fused-ring (bicyclic) bond motifs is 2. The van der Waals surface area contributed by atoms with Crippen LogP contribution in [0.4, 0.5) is 4.39 Å². The zero-order valence-electron chi connectivity index (χ0n) is 14.4. The first-order valence-electron chi connectivity index (χ1n) is 8.96. The van der Waals surface area contributed by atoms with E-state index in [1.54, 1.807) is 4.90 Å². The number of amides is 1. The Morgan fingerprint density at radius 1 is 1.23 bits per heavy atom. The Hall–Kier alpha value is -1.91. The van der Waals surface area contributed by atoms with E-state index in [1.165, 1.54) is 18.2 Å². The van der Waals surface area contributed by atoms with Crippen LogP contribution < -0.4 is 0 Å². The quantitative estimate of drug-likeness (QED) is 0.877. The third kappa shape index (κ3) is 2.81. The smallest absolute Gasteiger partial charge is 0.257 e. The highest BCUT2D eigenvalue weighted by molar-refractivity contribution is 6.31. The van der Waals surface area contributed by atoms with Gasteiger partial charge < -0.3 is 10.0 Å². The molecule has 0 aromatic heterocycles. The van der Waals surface area contributed by atoms with Gasteiger partial charge in [-0.2, -0.15) is 0 Å². The first-order chi connectivity index (χ1) is 12.5. The second kappa shape index (κ2) is 6.67. The van der Waals surface area contributed by atoms with Gasteiger partial charge in [0.2, 0.25) is 0 Å². The lowest BCUT2D eigenvalue weighted by Crippen LogP contribution is -2.44. The predicted octanol–water partition coefficient (Wildman–Crippen LogP) is 4.08. The maximum absolute atomic E-state index is 14.2. The van der Waals surface area contributed by atoms with Crippen molar-refractivity contribution in [3.05, 3.63) is 70.5 Å². The first-order valence-corrected chi connectivity index (χ1v) is 9.34. The molecule has 0 saturated carbocycles. The minimum atomic E-state index is -0.552. The van der Waals surface area contributed by atoms with Crippen LogP contribution in [0.1, 0.15) is 35.2 Å². The number of benzene rings is 2. The average Bonchev–Trinajstić information content (AvgIpc) is 3.20. The van der Waals surface area contributed by atoms with Crippen LogP contribution >= 0.6 is 11.6 Å². The molecular weight excluding hydrogens is 353 g/mol. The highest BCUT2D eigenvalue weighted by atomic mass is 35.5. The Morgan fingerprint density at radius 3 is 2.73 bits per heavy atom. The van der Waals surface area contributed by atoms with E-state index >= 15 is 0 Å². The van der Waals surface area contributed by atoms with E-state index in [-0.39, 0.29) is 35.6 Å². The number of hydrogen-bond acceptors (Lipinski definition) is 2. The highest BCUT2D eigenvalue weighted by Crippen LogP contribution is 2.51. The van der Waals surface area contributed by atoms with Crippen molar-refractivity contribution < 1.29 is 14.3 Å². The molecule has 136 valence electrons. The number of carbonyl (C=O) groups is 1. The number of nitrogens with zero attached hydrogens (tertiary/aromatic N) is 1. The minimum Gasteiger partial charge on any atom is -0.396 e. The molecule has 2 aromatic carbocycles. The molecule has 0 aliphatic carbocycles. The Kier molecular flexibility index (Phi) is 4.49. The van der Waals surface area contributed by atoms with Gasteiger partial charge in [0.1, 0.15) is 5.82 Å². The van der Waals surface area contributed by atoms with Crippen molar-refractivity contribution in [1.29, 1.82) is 0 Å². The number of aliphatic hydroxyl groups excluding tert-OH is 1. The first kappa shape index (κ1) is 17.5. The summed E-state index contributed by atoms with van der Waals surface area (Å²) in [5.41, 5.74) is 0.799. The zero-order valence-corrected chi connectivity index (χ0v) is 15.1. The number of hydrogen-bond donors (Lipinski definition) is 1. The van der Waals surface area contributed by atoms with Crippen LogP contribution in [0.5, 0.6) is 0 Å². The van der Waals surface area contributed by atoms with Crippen molar-refractivity contribution in [3.63, 3.8) is 0 Å². The summed E-state index contributed by atoms with van der Waals surface area (Å²) in [6.45, 7) is 0.0187. The Bertz CT molecular complexity index is 828. The molecule has 3 atom stereocenters. The van der Waals surface area contributed by atoms with Gasteiger partial charge in [-0.15, -0.1) is 0 Å². The fourth-order valence-electron chi connectivity index (χ4n) is 4.82. The SMILES string of the molecule is O=C(c1cc(Cl)ccc1F)N1[C@H]2CC[C@@H]1[C@@](CO)(Cc1ccccc1)C2. The van der Waals surface area contributed by atoms with Crippen LogP contribution in [0.15, 0.2) is 48.5 Å². The summed E-state index contributed by atoms with van der Waals surface area (Å²) in [5.74, 6) is -0.871. The molecular formula is C21H21ClFNO2. The molecule has 0 spiro atoms. The minimum absolute atomic E-state index is 0.0165. The molecule has 2 bridgehead atoms. The largest absolute Gasteiger partial charge is 0.396 e. The van der Waals surface area contributed by atoms with Gasteiger partial charge in [0, 0.05) is 22.5 Å². The molecule has 2 fully saturated rings. The van der Waals surface area contributed by atoms with E-state index in [1.807, 2.05) is 30.3 Å². The summed E-state index contributed by atoms with van der Waals surface area (Å²) < 4.78 is 14.2. The van der Waals surface area contributed by atoms with Crippen molar-refractivity contribution in [2.24, 2.45) is 5.41 Å². The van der Waals surface area contributed by atoms with E-state index in [0.29, 0.717) is 11.4 Å². The van der Waals surface area contributed by atoms with Crippen LogP contribution in [0.3, 0.4) is 0 Å². The van der Waals surface area contributed by atoms with Gasteiger partial charge in [-0.25, -0.2) is 4.39 Å². The molecule has 2 heterocycles. The molecule has 2 aliphatic rings. The average molecular weight is 374 g/mol. The van der Waals surface area contributed by atoms with Crippen molar-refractivity contribution in [3.8, 4) is 0 Å². The predicted molar refractivity (Wildman–Crippen MR) is 98.7 cm³/mol. The molecule has 0 radical (unpaired) electrons. The molecule has 1 N–H and O–H groups in total. The number of carbonyl (C=O) groups excluding carboxylic acids is 1. The van der Waals surface area contributed by atoms with E-state index in [2.05, 4.69) is 0 Å². The summed E-state index contributed by atoms with van der Waals surface area (Å²) in [6, 6.07) is 14.1. The summed E-state index contributed by atoms with van der Waals surface area (Å²) in [4.78, 5) is 14.9. The lowest BCUT2D eigenvalue weighted by Gasteiger charge is -2.36. The van der Waals surface area contributed by atoms with Crippen LogP contribution in [-0.2, 0) is 6.42 Å². The second-order valence-corrected chi connectivity index (χ2v) is 7.91. The summed E-state index contributed by atoms with van der Waals surface area (Å²) in [5, 5.41) is 10.6. The van der Waals surface area contributed by atoms with Crippen LogP contribution in [-0.4, -0.2) is 34.6 Å². The van der Waals surface area contributed by atoms with Crippen LogP contribution in [0, 0.1) is 11.2 Å². The van der Waals surface area contributed by atoms with Crippen molar-refractivity contribution in [1.82, 2.24) is 4.90 Å². The lowest BCUT2D eigenvalue weighted by molar-refractivity contribution is 0.0567. The van der Waals surface area contributed by atoms with Crippen molar-refractivity contribution in [2.75, 3.05) is 6.61 Å². The maximum atomic E-state index is 14.2. The number of halogens is 2. The maximum Gasteiger partial charge on any atom is 0.257 e. The third-order valence-electron chi connectivity index (χ3n) is 5.96. The number of aliphatic hydroxyl groups is 1. The van der Waals surface area contributed by atoms with Gasteiger partial charge in [-0.1, -0.05) is 41.9 Å². The number of rotatable bonds is 4. The van der Waals surface area contributed by atoms with E-state index in [9.17, 15) is 14.3 Å². The van der Waals surface area contributed by atoms with E-state index < -0.39 is 5.82 Å². The van der Waals surface area contributed by atoms with Gasteiger partial charge in [0.25, 0.3) is 5.91 Å². The Labute approximate surface area is 157 Å². The van der Waals surface area contributed by atoms with Crippen LogP contribution in [0.25, 0.3) is 0 Å². The van der Waals surface area contributed by atoms with Gasteiger partial charge >= 0.3 is 0 Å². The van der Waals surface area contributed by atoms with Crippen LogP contribution in [0.2, 0.25) is 5.02 Å². The Morgan fingerprint density at radius 2 is 2.00 bits per heavy atom. The fraction of sp³-hybridized carbons (Fsp3) is 0.381. The molecule has 26 heavy (non-hydrogen) atoms. The molecule has 3 nitrogen and oxygen atoms in total. The molecule has 5 heteroatoms. The summed E-state index contributed by atoms with van der Waals surface area (Å²) >= 11 is 5.97. The van der Waals surface area contributed by atoms with Crippen molar-refractivity contribution >= 4 is 17.5 Å². The van der Waals surface area contributed by atoms with E-state index in [0.717, 1.165) is 24.8 Å². The zero-order chi connectivity index (χ0) is 18.3. The molecule has 0 unspecified atom stereocenters. The normalized spacial score (nSPS) is 27.1. The topological polar surface area (TPSA) is 40.5 Å². The molecule has 2 saturated heterocycles. The van der Waals surface area contributed by atoms with E-state index in [4.69, 9.17) is 11.6 Å². The fourth-order valence-corrected chi connectivity index (χ4v) is 4.99. The van der Waals surface area contributed by atoms with Crippen molar-refractivity contribution in [2.45, 2.75) is 37.8 Å². The highest BCUT2D eigenvalue weighted by Gasteiger charge is 2.57. The summed E-state index contributed by atoms with van der Waals surface area (Å²) in [7, 11) is 0. The standard InChI is InChI=1S/C21H21ClFNO2/c22-15-6-8-18(23)17(10-15)20(26)24-16-7-9-19(24)21(12-16,13-25)11-14-4-2-1-3-5-14/h1-6,8,10,16,19,25H,7,9,11-13H2/t16-,19+,21-/m0/s1. The second-order valence-electron chi connectivity index (χ2n) is 7.47.